The number of thioether (sulfide) groups is 1. The number of hydrogen-bond acceptors (Lipinski definition) is 5. The Morgan fingerprint density at radius 3 is 2.41 bits per heavy atom. The summed E-state index contributed by atoms with van der Waals surface area (Å²) < 4.78 is 6.25. The predicted octanol–water partition coefficient (Wildman–Crippen LogP) is 6.06. The maximum Gasteiger partial charge on any atom is 0.344 e. The number of carbonyl (C=O) groups excluding carboxylic acids is 3. The first-order valence-corrected chi connectivity index (χ1v) is 11.7. The molecule has 0 saturated carbocycles. The molecule has 1 fully saturated rings. The van der Waals surface area contributed by atoms with Gasteiger partial charge in [0.25, 0.3) is 11.1 Å². The number of nitrogens with zero attached hydrogens (tertiary/aromatic N) is 1. The third-order valence-electron chi connectivity index (χ3n) is 4.95. The second-order valence-electron chi connectivity index (χ2n) is 7.13. The van der Waals surface area contributed by atoms with E-state index in [4.69, 9.17) is 4.74 Å². The Kier molecular flexibility index (Phi) is 6.76. The fourth-order valence-electron chi connectivity index (χ4n) is 3.17. The summed E-state index contributed by atoms with van der Waals surface area (Å²) in [5.74, 6) is -0.336. The lowest BCUT2D eigenvalue weighted by atomic mass is 10.1. The highest BCUT2D eigenvalue weighted by Crippen LogP contribution is 2.33. The van der Waals surface area contributed by atoms with Crippen molar-refractivity contribution in [1.29, 1.82) is 0 Å². The molecule has 1 aliphatic rings. The molecular formula is C25H18INO4S. The van der Waals surface area contributed by atoms with Crippen molar-refractivity contribution in [2.75, 3.05) is 0 Å². The third-order valence-corrected chi connectivity index (χ3v) is 6.79. The monoisotopic (exact) mass is 555 g/mol. The van der Waals surface area contributed by atoms with Crippen molar-refractivity contribution in [1.82, 2.24) is 4.90 Å². The van der Waals surface area contributed by atoms with Crippen LogP contribution in [0.15, 0.2) is 77.7 Å². The van der Waals surface area contributed by atoms with Crippen LogP contribution in [-0.2, 0) is 11.3 Å². The average Bonchev–Trinajstić information content (AvgIpc) is 3.04. The fraction of sp³-hybridized carbons (Fsp3) is 0.0800. The molecule has 0 spiro atoms. The van der Waals surface area contributed by atoms with Crippen LogP contribution in [0, 0.1) is 10.5 Å². The van der Waals surface area contributed by atoms with Gasteiger partial charge < -0.3 is 4.74 Å². The number of amides is 2. The van der Waals surface area contributed by atoms with E-state index >= 15 is 0 Å². The van der Waals surface area contributed by atoms with E-state index in [1.165, 1.54) is 4.90 Å². The van der Waals surface area contributed by atoms with E-state index in [0.717, 1.165) is 32.0 Å². The first-order chi connectivity index (χ1) is 15.4. The number of carbonyl (C=O) groups is 3. The van der Waals surface area contributed by atoms with Crippen molar-refractivity contribution in [2.24, 2.45) is 0 Å². The average molecular weight is 555 g/mol. The van der Waals surface area contributed by atoms with Gasteiger partial charge >= 0.3 is 5.97 Å². The summed E-state index contributed by atoms with van der Waals surface area (Å²) in [5.41, 5.74) is 3.21. The minimum Gasteiger partial charge on any atom is -0.423 e. The van der Waals surface area contributed by atoms with Crippen molar-refractivity contribution < 1.29 is 19.1 Å². The normalized spacial score (nSPS) is 14.8. The molecule has 160 valence electrons. The summed E-state index contributed by atoms with van der Waals surface area (Å²) >= 11 is 3.02. The number of ether oxygens (including phenoxy) is 1. The second-order valence-corrected chi connectivity index (χ2v) is 9.29. The van der Waals surface area contributed by atoms with Crippen molar-refractivity contribution in [3.63, 3.8) is 0 Å². The summed E-state index contributed by atoms with van der Waals surface area (Å²) in [6, 6.07) is 21.7. The topological polar surface area (TPSA) is 63.7 Å². The van der Waals surface area contributed by atoms with Crippen LogP contribution in [0.1, 0.15) is 27.0 Å². The minimum absolute atomic E-state index is 0.252. The van der Waals surface area contributed by atoms with Crippen molar-refractivity contribution in [2.45, 2.75) is 13.5 Å². The Bertz CT molecular complexity index is 1240. The molecule has 1 heterocycles. The second kappa shape index (κ2) is 9.70. The molecule has 0 bridgehead atoms. The molecule has 0 atom stereocenters. The Morgan fingerprint density at radius 1 is 1.00 bits per heavy atom. The summed E-state index contributed by atoms with van der Waals surface area (Å²) in [4.78, 5) is 39.2. The van der Waals surface area contributed by atoms with Gasteiger partial charge in [0.1, 0.15) is 5.75 Å². The number of benzene rings is 3. The van der Waals surface area contributed by atoms with Crippen LogP contribution in [0.4, 0.5) is 4.79 Å². The lowest BCUT2D eigenvalue weighted by Gasteiger charge is -2.14. The van der Waals surface area contributed by atoms with Crippen molar-refractivity contribution >= 4 is 57.5 Å². The molecule has 3 aromatic rings. The number of imide groups is 1. The first kappa shape index (κ1) is 22.3. The zero-order valence-electron chi connectivity index (χ0n) is 17.1. The van der Waals surface area contributed by atoms with Crippen molar-refractivity contribution in [3.8, 4) is 5.75 Å². The fourth-order valence-corrected chi connectivity index (χ4v) is 4.61. The Morgan fingerprint density at radius 2 is 1.69 bits per heavy atom. The number of aryl methyl sites for hydroxylation is 1. The molecule has 0 unspecified atom stereocenters. The molecule has 2 amide bonds. The summed E-state index contributed by atoms with van der Waals surface area (Å²) in [6.07, 6.45) is 1.68. The Hall–Kier alpha value is -2.91. The van der Waals surface area contributed by atoms with Crippen LogP contribution in [0.5, 0.6) is 5.75 Å². The van der Waals surface area contributed by atoms with Gasteiger partial charge in [-0.1, -0.05) is 48.5 Å². The van der Waals surface area contributed by atoms with E-state index < -0.39 is 5.97 Å². The molecular weight excluding hydrogens is 537 g/mol. The quantitative estimate of drug-likeness (QED) is 0.166. The molecule has 4 rings (SSSR count). The van der Waals surface area contributed by atoms with Crippen molar-refractivity contribution in [3.05, 3.63) is 104 Å². The zero-order valence-corrected chi connectivity index (χ0v) is 20.1. The zero-order chi connectivity index (χ0) is 22.7. The van der Waals surface area contributed by atoms with E-state index in [0.29, 0.717) is 16.2 Å². The van der Waals surface area contributed by atoms with E-state index in [2.05, 4.69) is 22.6 Å². The maximum absolute atomic E-state index is 12.8. The molecule has 0 aliphatic carbocycles. The Balaban J connectivity index is 1.45. The van der Waals surface area contributed by atoms with Gasteiger partial charge in [-0.25, -0.2) is 4.79 Å². The maximum atomic E-state index is 12.8. The molecule has 5 nitrogen and oxygen atoms in total. The van der Waals surface area contributed by atoms with Gasteiger partial charge in [0.15, 0.2) is 0 Å². The Labute approximate surface area is 203 Å². The highest BCUT2D eigenvalue weighted by Gasteiger charge is 2.35. The molecule has 0 aromatic heterocycles. The van der Waals surface area contributed by atoms with Crippen LogP contribution < -0.4 is 4.74 Å². The lowest BCUT2D eigenvalue weighted by molar-refractivity contribution is -0.123. The van der Waals surface area contributed by atoms with Gasteiger partial charge in [-0.3, -0.25) is 14.5 Å². The number of halogens is 1. The van der Waals surface area contributed by atoms with E-state index in [1.807, 2.05) is 43.3 Å². The van der Waals surface area contributed by atoms with Gasteiger partial charge in [0.2, 0.25) is 0 Å². The smallest absolute Gasteiger partial charge is 0.344 e. The molecule has 1 aliphatic heterocycles. The van der Waals surface area contributed by atoms with E-state index in [1.54, 1.807) is 42.5 Å². The summed E-state index contributed by atoms with van der Waals surface area (Å²) in [5, 5.41) is -0.285. The lowest BCUT2D eigenvalue weighted by Crippen LogP contribution is -2.27. The highest BCUT2D eigenvalue weighted by atomic mass is 127. The minimum atomic E-state index is -0.430. The standard InChI is InChI=1S/C25H18INO4S/c1-16-6-2-3-7-18(16)15-27-23(28)22(32-25(27)30)14-17-10-12-19(13-11-17)31-24(29)20-8-4-5-9-21(20)26/h2-14H,15H2,1H3/b22-14-. The van der Waals surface area contributed by atoms with Gasteiger partial charge in [0, 0.05) is 3.57 Å². The third kappa shape index (κ3) is 4.94. The van der Waals surface area contributed by atoms with Crippen LogP contribution in [0.2, 0.25) is 0 Å². The van der Waals surface area contributed by atoms with Gasteiger partial charge in [0.05, 0.1) is 17.0 Å². The number of hydrogen-bond donors (Lipinski definition) is 0. The van der Waals surface area contributed by atoms with Gasteiger partial charge in [-0.15, -0.1) is 0 Å². The van der Waals surface area contributed by atoms with Crippen LogP contribution >= 0.6 is 34.4 Å². The SMILES string of the molecule is Cc1ccccc1CN1C(=O)S/C(=C\c2ccc(OC(=O)c3ccccc3I)cc2)C1=O. The highest BCUT2D eigenvalue weighted by molar-refractivity contribution is 14.1. The van der Waals surface area contributed by atoms with Gasteiger partial charge in [-0.2, -0.15) is 0 Å². The molecule has 0 N–H and O–H groups in total. The summed E-state index contributed by atoms with van der Waals surface area (Å²) in [7, 11) is 0. The predicted molar refractivity (Wildman–Crippen MR) is 133 cm³/mol. The van der Waals surface area contributed by atoms with Gasteiger partial charge in [-0.05, 0) is 88.3 Å². The van der Waals surface area contributed by atoms with Crippen LogP contribution in [0.3, 0.4) is 0 Å². The number of rotatable bonds is 5. The van der Waals surface area contributed by atoms with E-state index in [-0.39, 0.29) is 17.7 Å². The van der Waals surface area contributed by atoms with Crippen LogP contribution in [0.25, 0.3) is 6.08 Å². The molecule has 3 aromatic carbocycles. The molecule has 0 radical (unpaired) electrons. The largest absolute Gasteiger partial charge is 0.423 e. The molecule has 32 heavy (non-hydrogen) atoms. The molecule has 7 heteroatoms. The van der Waals surface area contributed by atoms with Crippen LogP contribution in [-0.4, -0.2) is 22.0 Å². The first-order valence-electron chi connectivity index (χ1n) is 9.79. The van der Waals surface area contributed by atoms with E-state index in [9.17, 15) is 14.4 Å². The summed E-state index contributed by atoms with van der Waals surface area (Å²) in [6.45, 7) is 2.21. The molecule has 1 saturated heterocycles. The number of esters is 1.